The van der Waals surface area contributed by atoms with Crippen molar-refractivity contribution in [1.82, 2.24) is 0 Å². The van der Waals surface area contributed by atoms with Crippen LogP contribution in [0, 0.1) is 0 Å². The van der Waals surface area contributed by atoms with Gasteiger partial charge in [-0.05, 0) is 25.0 Å². The van der Waals surface area contributed by atoms with Crippen molar-refractivity contribution < 1.29 is 73.6 Å². The first-order chi connectivity index (χ1) is 22.5. The maximum absolute atomic E-state index is 14.1. The van der Waals surface area contributed by atoms with Crippen LogP contribution in [0.5, 0.6) is 17.2 Å². The summed E-state index contributed by atoms with van der Waals surface area (Å²) in [6.07, 6.45) is -5.36. The Morgan fingerprint density at radius 3 is 2.29 bits per heavy atom. The second-order valence-corrected chi connectivity index (χ2v) is 12.3. The number of ketones is 3. The highest BCUT2D eigenvalue weighted by atomic mass is 16.6. The van der Waals surface area contributed by atoms with Crippen LogP contribution in [0.25, 0.3) is 5.76 Å². The van der Waals surface area contributed by atoms with E-state index in [0.29, 0.717) is 5.56 Å². The molecule has 2 aromatic rings. The third-order valence-electron chi connectivity index (χ3n) is 9.42. The van der Waals surface area contributed by atoms with E-state index in [1.165, 1.54) is 13.2 Å². The Bertz CT molecular complexity index is 1920. The number of carbonyl (C=O) groups excluding carboxylic acids is 5. The Morgan fingerprint density at radius 2 is 1.67 bits per heavy atom. The lowest BCUT2D eigenvalue weighted by Crippen LogP contribution is -2.38. The number of carbonyl (C=O) groups is 6. The zero-order chi connectivity index (χ0) is 35.1. The number of rotatable bonds is 7. The fraction of sp³-hybridized carbons (Fsp3) is 0.394. The average Bonchev–Trinajstić information content (AvgIpc) is 3.30. The van der Waals surface area contributed by atoms with E-state index in [1.807, 2.05) is 0 Å². The summed E-state index contributed by atoms with van der Waals surface area (Å²) in [4.78, 5) is 76.4. The van der Waals surface area contributed by atoms with E-state index in [2.05, 4.69) is 0 Å². The molecule has 15 nitrogen and oxygen atoms in total. The van der Waals surface area contributed by atoms with E-state index >= 15 is 0 Å². The number of carboxylic acids is 1. The molecule has 4 unspecified atom stereocenters. The number of aliphatic hydroxyl groups is 2. The first kappa shape index (κ1) is 32.7. The van der Waals surface area contributed by atoms with Gasteiger partial charge in [0.25, 0.3) is 0 Å². The van der Waals surface area contributed by atoms with Crippen molar-refractivity contribution in [1.29, 1.82) is 0 Å². The van der Waals surface area contributed by atoms with Crippen LogP contribution in [0.1, 0.15) is 106 Å². The molecule has 1 heterocycles. The predicted octanol–water partition coefficient (Wildman–Crippen LogP) is 2.12. The van der Waals surface area contributed by atoms with Gasteiger partial charge in [-0.2, -0.15) is 0 Å². The molecular formula is C33H30O15. The Labute approximate surface area is 271 Å². The number of hydrogen-bond acceptors (Lipinski definition) is 14. The maximum atomic E-state index is 14.1. The number of aromatic hydroxyl groups is 3. The summed E-state index contributed by atoms with van der Waals surface area (Å²) in [6.45, 7) is 2.65. The van der Waals surface area contributed by atoms with Gasteiger partial charge in [0.1, 0.15) is 23.0 Å². The van der Waals surface area contributed by atoms with Gasteiger partial charge in [-0.1, -0.05) is 0 Å². The number of aliphatic carboxylic acids is 1. The number of phenolic OH excluding ortho intramolecular Hbond substituents is 3. The van der Waals surface area contributed by atoms with Gasteiger partial charge in [0.2, 0.25) is 11.6 Å². The molecule has 0 saturated heterocycles. The van der Waals surface area contributed by atoms with Crippen molar-refractivity contribution in [2.45, 2.75) is 75.8 Å². The number of Topliss-reactive ketones (excluding diaryl/α,β-unsaturated/α-hetero) is 3. The quantitative estimate of drug-likeness (QED) is 0.141. The molecule has 6 N–H and O–H groups in total. The van der Waals surface area contributed by atoms with Crippen LogP contribution >= 0.6 is 0 Å². The minimum Gasteiger partial charge on any atom is -0.507 e. The number of ether oxygens (including phenoxy) is 3. The second kappa shape index (κ2) is 11.2. The number of esters is 2. The third kappa shape index (κ3) is 4.56. The first-order valence-electron chi connectivity index (χ1n) is 14.9. The third-order valence-corrected chi connectivity index (χ3v) is 9.42. The summed E-state index contributed by atoms with van der Waals surface area (Å²) in [6, 6.07) is 1.48. The van der Waals surface area contributed by atoms with E-state index in [9.17, 15) is 54.3 Å². The topological polar surface area (TPSA) is 251 Å². The molecule has 5 atom stereocenters. The molecule has 6 rings (SSSR count). The van der Waals surface area contributed by atoms with Crippen molar-refractivity contribution in [3.63, 3.8) is 0 Å². The summed E-state index contributed by atoms with van der Waals surface area (Å²) in [5.74, 6) is -11.3. The molecule has 2 bridgehead atoms. The van der Waals surface area contributed by atoms with Crippen LogP contribution in [0.3, 0.4) is 0 Å². The average molecular weight is 667 g/mol. The van der Waals surface area contributed by atoms with Crippen molar-refractivity contribution in [2.24, 2.45) is 0 Å². The molecule has 0 radical (unpaired) electrons. The minimum atomic E-state index is -2.08. The predicted molar refractivity (Wildman–Crippen MR) is 158 cm³/mol. The molecule has 3 aliphatic carbocycles. The van der Waals surface area contributed by atoms with E-state index in [1.54, 1.807) is 6.92 Å². The fourth-order valence-corrected chi connectivity index (χ4v) is 7.65. The van der Waals surface area contributed by atoms with Crippen LogP contribution in [0.4, 0.5) is 0 Å². The van der Waals surface area contributed by atoms with Crippen LogP contribution in [0.2, 0.25) is 0 Å². The largest absolute Gasteiger partial charge is 0.507 e. The number of hydrogen-bond donors (Lipinski definition) is 6. The van der Waals surface area contributed by atoms with Gasteiger partial charge in [-0.15, -0.1) is 0 Å². The molecule has 252 valence electrons. The van der Waals surface area contributed by atoms with Gasteiger partial charge >= 0.3 is 17.9 Å². The minimum absolute atomic E-state index is 0.0554. The Hall–Kier alpha value is -5.28. The standard InChI is InChI=1S/C33H30O15/c1-10-20-12(4-14(47-10)8-19(38)46-3)5-17-22(29(20)42)27(40)16-9-33(17,48-11(2)34)25-21(16)30(43)24-23(31(25)44)26(39)15(28(41)32(24)45)6-13(35)7-18(36)37/h5,10,13-14,16,35,39,42-44H,4,6-9H2,1-3H3,(H,36,37)/t10?,13?,14-,16?,33?/m1/s1. The Balaban J connectivity index is 1.62. The number of aliphatic hydroxyl groups excluding tert-OH is 2. The maximum Gasteiger partial charge on any atom is 0.308 e. The molecule has 0 amide bonds. The second-order valence-electron chi connectivity index (χ2n) is 12.3. The summed E-state index contributed by atoms with van der Waals surface area (Å²) in [5.41, 5.74) is -4.87. The molecule has 0 fully saturated rings. The highest BCUT2D eigenvalue weighted by Crippen LogP contribution is 2.65. The fourth-order valence-electron chi connectivity index (χ4n) is 7.65. The van der Waals surface area contributed by atoms with Crippen molar-refractivity contribution >= 4 is 41.0 Å². The van der Waals surface area contributed by atoms with Gasteiger partial charge < -0.3 is 44.8 Å². The molecule has 15 heteroatoms. The van der Waals surface area contributed by atoms with Crippen molar-refractivity contribution in [3.05, 3.63) is 56.1 Å². The number of carboxylic acid groups (broad SMARTS) is 1. The summed E-state index contributed by atoms with van der Waals surface area (Å²) >= 11 is 0. The number of phenols is 3. The van der Waals surface area contributed by atoms with Gasteiger partial charge in [-0.3, -0.25) is 28.8 Å². The van der Waals surface area contributed by atoms with E-state index in [0.717, 1.165) is 6.92 Å². The highest BCUT2D eigenvalue weighted by Gasteiger charge is 2.61. The smallest absolute Gasteiger partial charge is 0.308 e. The zero-order valence-electron chi connectivity index (χ0n) is 25.8. The number of benzene rings is 2. The highest BCUT2D eigenvalue weighted by molar-refractivity contribution is 6.53. The van der Waals surface area contributed by atoms with Crippen LogP contribution in [-0.4, -0.2) is 85.2 Å². The van der Waals surface area contributed by atoms with Gasteiger partial charge in [0, 0.05) is 42.0 Å². The van der Waals surface area contributed by atoms with E-state index in [4.69, 9.17) is 19.3 Å². The van der Waals surface area contributed by atoms with Crippen LogP contribution in [-0.2, 0) is 45.4 Å². The monoisotopic (exact) mass is 666 g/mol. The molecule has 48 heavy (non-hydrogen) atoms. The normalized spacial score (nSPS) is 24.3. The van der Waals surface area contributed by atoms with Crippen molar-refractivity contribution in [2.75, 3.05) is 7.11 Å². The van der Waals surface area contributed by atoms with Crippen LogP contribution in [0.15, 0.2) is 11.6 Å². The SMILES string of the molecule is COC(=O)C[C@H]1Cc2cc3c(c(O)c2C(C)O1)C(=O)C1CC3(OC(C)=O)c2c(O)c3c(c(O)c21)C(=O)C(=O)C(CC(O)CC(=O)O)=C3O. The van der Waals surface area contributed by atoms with E-state index in [-0.39, 0.29) is 40.7 Å². The lowest BCUT2D eigenvalue weighted by Gasteiger charge is -2.38. The Kier molecular flexibility index (Phi) is 7.59. The lowest BCUT2D eigenvalue weighted by atomic mass is 9.73. The summed E-state index contributed by atoms with van der Waals surface area (Å²) < 4.78 is 16.5. The Morgan fingerprint density at radius 1 is 1.00 bits per heavy atom. The molecule has 0 saturated carbocycles. The molecule has 1 aliphatic heterocycles. The number of fused-ring (bicyclic) bond motifs is 9. The summed E-state index contributed by atoms with van der Waals surface area (Å²) in [5, 5.41) is 65.5. The lowest BCUT2D eigenvalue weighted by molar-refractivity contribution is -0.154. The van der Waals surface area contributed by atoms with E-state index < -0.39 is 124 Å². The summed E-state index contributed by atoms with van der Waals surface area (Å²) in [7, 11) is 1.21. The molecule has 2 aromatic carbocycles. The van der Waals surface area contributed by atoms with Gasteiger partial charge in [-0.25, -0.2) is 0 Å². The first-order valence-corrected chi connectivity index (χ1v) is 14.9. The molecule has 0 aromatic heterocycles. The zero-order valence-corrected chi connectivity index (χ0v) is 25.8. The molecule has 0 spiro atoms. The number of methoxy groups -OCH3 is 1. The van der Waals surface area contributed by atoms with Crippen molar-refractivity contribution in [3.8, 4) is 17.2 Å². The van der Waals surface area contributed by atoms with Crippen LogP contribution < -0.4 is 0 Å². The van der Waals surface area contributed by atoms with Gasteiger partial charge in [0.05, 0.1) is 66.4 Å². The van der Waals surface area contributed by atoms with Gasteiger partial charge in [0.15, 0.2) is 11.4 Å². The molecular weight excluding hydrogens is 636 g/mol. The molecule has 4 aliphatic rings.